The third kappa shape index (κ3) is 1.98. The van der Waals surface area contributed by atoms with Crippen molar-refractivity contribution in [2.45, 2.75) is 6.42 Å². The van der Waals surface area contributed by atoms with Gasteiger partial charge in [-0.05, 0) is 12.1 Å². The molecule has 0 spiro atoms. The van der Waals surface area contributed by atoms with Gasteiger partial charge in [0, 0.05) is 12.0 Å². The van der Waals surface area contributed by atoms with Crippen LogP contribution in [-0.2, 0) is 11.2 Å². The predicted octanol–water partition coefficient (Wildman–Crippen LogP) is 2.23. The van der Waals surface area contributed by atoms with E-state index >= 15 is 0 Å². The Bertz CT molecular complexity index is 326. The number of ether oxygens (including phenoxy) is 1. The molecule has 13 heavy (non-hydrogen) atoms. The van der Waals surface area contributed by atoms with E-state index in [-0.39, 0.29) is 11.4 Å². The zero-order chi connectivity index (χ0) is 9.84. The fourth-order valence-electron chi connectivity index (χ4n) is 1.04. The minimum absolute atomic E-state index is 0.0496. The molecule has 1 aromatic carbocycles. The van der Waals surface area contributed by atoms with E-state index in [2.05, 4.69) is 0 Å². The Labute approximate surface area is 80.3 Å². The van der Waals surface area contributed by atoms with E-state index in [1.165, 1.54) is 19.2 Å². The summed E-state index contributed by atoms with van der Waals surface area (Å²) in [7, 11) is 1.44. The first-order valence-corrected chi connectivity index (χ1v) is 4.03. The van der Waals surface area contributed by atoms with Gasteiger partial charge in [0.1, 0.15) is 17.9 Å². The van der Waals surface area contributed by atoms with Crippen molar-refractivity contribution in [3.05, 3.63) is 28.5 Å². The van der Waals surface area contributed by atoms with Gasteiger partial charge in [-0.3, -0.25) is 0 Å². The lowest BCUT2D eigenvalue weighted by atomic mass is 10.1. The summed E-state index contributed by atoms with van der Waals surface area (Å²) in [6.07, 6.45) is 0.711. The number of benzene rings is 1. The molecule has 0 atom stereocenters. The summed E-state index contributed by atoms with van der Waals surface area (Å²) >= 11 is 5.64. The molecule has 4 heteroatoms. The molecule has 70 valence electrons. The maximum absolute atomic E-state index is 12.9. The van der Waals surface area contributed by atoms with E-state index in [1.807, 2.05) is 0 Å². The Hall–Kier alpha value is -1.09. The van der Waals surface area contributed by atoms with Crippen molar-refractivity contribution < 1.29 is 13.9 Å². The fourth-order valence-corrected chi connectivity index (χ4v) is 1.27. The van der Waals surface area contributed by atoms with Crippen LogP contribution in [0.5, 0.6) is 5.75 Å². The van der Waals surface area contributed by atoms with Crippen LogP contribution in [0.15, 0.2) is 12.1 Å². The van der Waals surface area contributed by atoms with E-state index in [9.17, 15) is 9.18 Å². The van der Waals surface area contributed by atoms with Crippen molar-refractivity contribution >= 4 is 17.9 Å². The van der Waals surface area contributed by atoms with Crippen LogP contribution < -0.4 is 4.74 Å². The molecule has 0 bridgehead atoms. The summed E-state index contributed by atoms with van der Waals surface area (Å²) < 4.78 is 17.8. The van der Waals surface area contributed by atoms with Crippen molar-refractivity contribution in [2.24, 2.45) is 0 Å². The highest BCUT2D eigenvalue weighted by Crippen LogP contribution is 2.28. The minimum atomic E-state index is -0.542. The van der Waals surface area contributed by atoms with E-state index in [4.69, 9.17) is 16.3 Å². The smallest absolute Gasteiger partial charge is 0.142 e. The summed E-state index contributed by atoms with van der Waals surface area (Å²) in [5.74, 6) is -0.113. The summed E-state index contributed by atoms with van der Waals surface area (Å²) in [4.78, 5) is 10.3. The van der Waals surface area contributed by atoms with E-state index < -0.39 is 5.82 Å². The largest absolute Gasteiger partial charge is 0.496 e. The first-order chi connectivity index (χ1) is 6.20. The molecule has 0 saturated carbocycles. The first-order valence-electron chi connectivity index (χ1n) is 3.65. The summed E-state index contributed by atoms with van der Waals surface area (Å²) in [5, 5.41) is -0.0496. The highest BCUT2D eigenvalue weighted by atomic mass is 35.5. The average molecular weight is 203 g/mol. The monoisotopic (exact) mass is 202 g/mol. The molecule has 0 aliphatic rings. The lowest BCUT2D eigenvalue weighted by Gasteiger charge is -2.07. The Morgan fingerprint density at radius 2 is 2.31 bits per heavy atom. The molecule has 0 heterocycles. The molecule has 0 saturated heterocycles. The van der Waals surface area contributed by atoms with Gasteiger partial charge in [-0.15, -0.1) is 0 Å². The number of carbonyl (C=O) groups excluding carboxylic acids is 1. The zero-order valence-electron chi connectivity index (χ0n) is 7.01. The number of hydrogen-bond donors (Lipinski definition) is 0. The zero-order valence-corrected chi connectivity index (χ0v) is 7.77. The third-order valence-electron chi connectivity index (χ3n) is 1.66. The van der Waals surface area contributed by atoms with Crippen molar-refractivity contribution in [1.82, 2.24) is 0 Å². The number of halogens is 2. The predicted molar refractivity (Wildman–Crippen MR) is 47.7 cm³/mol. The molecule has 0 radical (unpaired) electrons. The van der Waals surface area contributed by atoms with Crippen LogP contribution in [0.1, 0.15) is 5.56 Å². The van der Waals surface area contributed by atoms with Gasteiger partial charge in [-0.2, -0.15) is 0 Å². The lowest BCUT2D eigenvalue weighted by Crippen LogP contribution is -1.96. The van der Waals surface area contributed by atoms with Crippen LogP contribution in [0.4, 0.5) is 4.39 Å². The highest BCUT2D eigenvalue weighted by molar-refractivity contribution is 6.31. The topological polar surface area (TPSA) is 26.3 Å². The van der Waals surface area contributed by atoms with Crippen LogP contribution >= 0.6 is 11.6 Å². The number of rotatable bonds is 3. The maximum atomic E-state index is 12.9. The summed E-state index contributed by atoms with van der Waals surface area (Å²) in [5.41, 5.74) is 0.388. The summed E-state index contributed by atoms with van der Waals surface area (Å²) in [6.45, 7) is 0. The van der Waals surface area contributed by atoms with Crippen molar-refractivity contribution in [2.75, 3.05) is 7.11 Å². The number of carbonyl (C=O) groups is 1. The van der Waals surface area contributed by atoms with Gasteiger partial charge in [0.25, 0.3) is 0 Å². The maximum Gasteiger partial charge on any atom is 0.142 e. The SMILES string of the molecule is COc1ccc(F)c(Cl)c1CC=O. The molecule has 0 aliphatic heterocycles. The minimum Gasteiger partial charge on any atom is -0.496 e. The lowest BCUT2D eigenvalue weighted by molar-refractivity contribution is -0.107. The van der Waals surface area contributed by atoms with E-state index in [1.54, 1.807) is 0 Å². The molecular formula is C9H8ClFO2. The van der Waals surface area contributed by atoms with Crippen LogP contribution in [0.2, 0.25) is 5.02 Å². The number of hydrogen-bond acceptors (Lipinski definition) is 2. The average Bonchev–Trinajstić information content (AvgIpc) is 2.14. The second kappa shape index (κ2) is 4.23. The molecule has 1 aromatic rings. The van der Waals surface area contributed by atoms with E-state index in [0.29, 0.717) is 17.6 Å². The van der Waals surface area contributed by atoms with Crippen LogP contribution in [-0.4, -0.2) is 13.4 Å². The van der Waals surface area contributed by atoms with Gasteiger partial charge in [0.2, 0.25) is 0 Å². The fraction of sp³-hybridized carbons (Fsp3) is 0.222. The van der Waals surface area contributed by atoms with Crippen LogP contribution in [0, 0.1) is 5.82 Å². The Balaban J connectivity index is 3.23. The van der Waals surface area contributed by atoms with Gasteiger partial charge in [-0.1, -0.05) is 11.6 Å². The van der Waals surface area contributed by atoms with Crippen molar-refractivity contribution in [1.29, 1.82) is 0 Å². The van der Waals surface area contributed by atoms with Gasteiger partial charge < -0.3 is 9.53 Å². The molecular weight excluding hydrogens is 195 g/mol. The second-order valence-corrected chi connectivity index (χ2v) is 2.79. The Kier molecular flexibility index (Phi) is 3.25. The quantitative estimate of drug-likeness (QED) is 0.703. The van der Waals surface area contributed by atoms with Gasteiger partial charge >= 0.3 is 0 Å². The van der Waals surface area contributed by atoms with Gasteiger partial charge in [0.05, 0.1) is 12.1 Å². The van der Waals surface area contributed by atoms with Crippen molar-refractivity contribution in [3.63, 3.8) is 0 Å². The van der Waals surface area contributed by atoms with Gasteiger partial charge in [-0.25, -0.2) is 4.39 Å². The van der Waals surface area contributed by atoms with Crippen LogP contribution in [0.3, 0.4) is 0 Å². The molecule has 2 nitrogen and oxygen atoms in total. The number of aldehydes is 1. The molecule has 1 rings (SSSR count). The van der Waals surface area contributed by atoms with E-state index in [0.717, 1.165) is 0 Å². The number of methoxy groups -OCH3 is 1. The van der Waals surface area contributed by atoms with Gasteiger partial charge in [0.15, 0.2) is 0 Å². The first kappa shape index (κ1) is 9.99. The molecule has 0 N–H and O–H groups in total. The normalized spacial score (nSPS) is 9.77. The standard InChI is InChI=1S/C9H8ClFO2/c1-13-8-3-2-7(11)9(10)6(8)4-5-12/h2-3,5H,4H2,1H3. The van der Waals surface area contributed by atoms with Crippen molar-refractivity contribution in [3.8, 4) is 5.75 Å². The third-order valence-corrected chi connectivity index (χ3v) is 2.07. The highest BCUT2D eigenvalue weighted by Gasteiger charge is 2.11. The van der Waals surface area contributed by atoms with Crippen LogP contribution in [0.25, 0.3) is 0 Å². The molecule has 0 aliphatic carbocycles. The Morgan fingerprint density at radius 3 is 2.85 bits per heavy atom. The molecule has 0 aromatic heterocycles. The molecule has 0 fully saturated rings. The molecule has 0 amide bonds. The Morgan fingerprint density at radius 1 is 1.62 bits per heavy atom. The molecule has 0 unspecified atom stereocenters. The summed E-state index contributed by atoms with van der Waals surface area (Å²) in [6, 6.07) is 2.65. The second-order valence-electron chi connectivity index (χ2n) is 2.41.